The van der Waals surface area contributed by atoms with Crippen molar-refractivity contribution in [2.75, 3.05) is 0 Å². The molecule has 0 aromatic heterocycles. The van der Waals surface area contributed by atoms with E-state index >= 15 is 0 Å². The molecule has 0 saturated heterocycles. The van der Waals surface area contributed by atoms with Gasteiger partial charge in [0.15, 0.2) is 0 Å². The van der Waals surface area contributed by atoms with Crippen LogP contribution in [0.4, 0.5) is 0 Å². The van der Waals surface area contributed by atoms with Crippen LogP contribution < -0.4 is 5.73 Å². The van der Waals surface area contributed by atoms with Crippen LogP contribution in [0.25, 0.3) is 0 Å². The first-order valence-corrected chi connectivity index (χ1v) is 3.08. The van der Waals surface area contributed by atoms with Crippen LogP contribution in [-0.4, -0.2) is 0 Å². The molecule has 0 aliphatic carbocycles. The zero-order chi connectivity index (χ0) is 7.98. The molecule has 0 atom stereocenters. The van der Waals surface area contributed by atoms with E-state index in [2.05, 4.69) is 13.2 Å². The van der Waals surface area contributed by atoms with Gasteiger partial charge in [-0.3, -0.25) is 0 Å². The second-order valence-electron chi connectivity index (χ2n) is 2.05. The van der Waals surface area contributed by atoms with E-state index in [1.54, 1.807) is 6.08 Å². The second kappa shape index (κ2) is 4.62. The van der Waals surface area contributed by atoms with E-state index in [0.717, 1.165) is 11.1 Å². The van der Waals surface area contributed by atoms with E-state index in [-0.39, 0.29) is 0 Å². The Labute approximate surface area is 62.2 Å². The van der Waals surface area contributed by atoms with Crippen molar-refractivity contribution in [2.45, 2.75) is 6.92 Å². The van der Waals surface area contributed by atoms with Gasteiger partial charge in [-0.25, -0.2) is 0 Å². The molecular weight excluding hydrogens is 122 g/mol. The highest BCUT2D eigenvalue weighted by atomic mass is 14.5. The third kappa shape index (κ3) is 3.72. The largest absolute Gasteiger partial charge is 0.405 e. The summed E-state index contributed by atoms with van der Waals surface area (Å²) in [5.41, 5.74) is 7.01. The van der Waals surface area contributed by atoms with Crippen LogP contribution in [0.5, 0.6) is 0 Å². The summed E-state index contributed by atoms with van der Waals surface area (Å²) in [7, 11) is 0. The number of rotatable bonds is 3. The molecule has 0 aliphatic heterocycles. The van der Waals surface area contributed by atoms with Crippen molar-refractivity contribution in [1.29, 1.82) is 0 Å². The number of nitrogens with two attached hydrogens (primary N) is 1. The average Bonchev–Trinajstić information content (AvgIpc) is 1.88. The van der Waals surface area contributed by atoms with Gasteiger partial charge >= 0.3 is 0 Å². The van der Waals surface area contributed by atoms with Crippen molar-refractivity contribution in [3.63, 3.8) is 0 Å². The minimum absolute atomic E-state index is 0.929. The maximum atomic E-state index is 5.11. The Morgan fingerprint density at radius 1 is 1.30 bits per heavy atom. The summed E-state index contributed by atoms with van der Waals surface area (Å²) in [6, 6.07) is 0. The fourth-order valence-corrected chi connectivity index (χ4v) is 0.378. The first-order valence-electron chi connectivity index (χ1n) is 3.08. The van der Waals surface area contributed by atoms with Gasteiger partial charge in [-0.2, -0.15) is 0 Å². The molecule has 0 amide bonds. The van der Waals surface area contributed by atoms with Crippen LogP contribution in [0.15, 0.2) is 48.7 Å². The zero-order valence-corrected chi connectivity index (χ0v) is 6.30. The van der Waals surface area contributed by atoms with Gasteiger partial charge in [0.25, 0.3) is 0 Å². The molecule has 0 saturated carbocycles. The Morgan fingerprint density at radius 2 is 1.90 bits per heavy atom. The molecule has 0 radical (unpaired) electrons. The van der Waals surface area contributed by atoms with Gasteiger partial charge in [-0.15, -0.1) is 0 Å². The summed E-state index contributed by atoms with van der Waals surface area (Å²) < 4.78 is 0. The summed E-state index contributed by atoms with van der Waals surface area (Å²) in [6.07, 6.45) is 6.92. The minimum atomic E-state index is 0.929. The third-order valence-corrected chi connectivity index (χ3v) is 1.07. The maximum Gasteiger partial charge on any atom is -0.00624 e. The fraction of sp³-hybridized carbons (Fsp3) is 0.111. The molecule has 1 heteroatoms. The molecule has 0 fully saturated rings. The van der Waals surface area contributed by atoms with Crippen molar-refractivity contribution in [3.05, 3.63) is 48.7 Å². The molecule has 0 unspecified atom stereocenters. The van der Waals surface area contributed by atoms with Crippen LogP contribution >= 0.6 is 0 Å². The molecule has 0 aliphatic rings. The highest BCUT2D eigenvalue weighted by Crippen LogP contribution is 2.03. The normalized spacial score (nSPS) is 10.9. The van der Waals surface area contributed by atoms with Crippen molar-refractivity contribution in [3.8, 4) is 0 Å². The lowest BCUT2D eigenvalue weighted by atomic mass is 10.1. The van der Waals surface area contributed by atoms with Gasteiger partial charge in [0.2, 0.25) is 0 Å². The SMILES string of the molecule is C=C(C)C(=C)/C=C\C=C/N. The predicted octanol–water partition coefficient (Wildman–Crippen LogP) is 2.15. The van der Waals surface area contributed by atoms with Crippen molar-refractivity contribution in [1.82, 2.24) is 0 Å². The molecule has 10 heavy (non-hydrogen) atoms. The lowest BCUT2D eigenvalue weighted by Crippen LogP contribution is -1.75. The molecule has 0 spiro atoms. The van der Waals surface area contributed by atoms with Crippen molar-refractivity contribution in [2.24, 2.45) is 5.73 Å². The molecule has 0 rings (SSSR count). The Hall–Kier alpha value is -1.24. The van der Waals surface area contributed by atoms with Crippen LogP contribution in [0.3, 0.4) is 0 Å². The van der Waals surface area contributed by atoms with Crippen LogP contribution in [0.2, 0.25) is 0 Å². The second-order valence-corrected chi connectivity index (χ2v) is 2.05. The lowest BCUT2D eigenvalue weighted by molar-refractivity contribution is 1.47. The van der Waals surface area contributed by atoms with E-state index < -0.39 is 0 Å². The standard InChI is InChI=1S/C9H13N/c1-8(2)9(3)6-4-5-7-10/h4-7H,1,3,10H2,2H3/b6-4-,7-5-. The van der Waals surface area contributed by atoms with Crippen LogP contribution in [0, 0.1) is 0 Å². The first kappa shape index (κ1) is 8.76. The number of hydrogen-bond donors (Lipinski definition) is 1. The molecule has 1 nitrogen and oxygen atoms in total. The topological polar surface area (TPSA) is 26.0 Å². The minimum Gasteiger partial charge on any atom is -0.405 e. The van der Waals surface area contributed by atoms with E-state index in [0.29, 0.717) is 0 Å². The molecule has 54 valence electrons. The number of allylic oxidation sites excluding steroid dienone is 5. The Balaban J connectivity index is 3.90. The highest BCUT2D eigenvalue weighted by molar-refractivity contribution is 5.34. The molecular formula is C9H13N. The summed E-state index contributed by atoms with van der Waals surface area (Å²) in [6.45, 7) is 9.41. The van der Waals surface area contributed by atoms with Gasteiger partial charge in [-0.05, 0) is 24.8 Å². The monoisotopic (exact) mass is 135 g/mol. The fourth-order valence-electron chi connectivity index (χ4n) is 0.378. The quantitative estimate of drug-likeness (QED) is 0.589. The van der Waals surface area contributed by atoms with Gasteiger partial charge in [0.1, 0.15) is 0 Å². The zero-order valence-electron chi connectivity index (χ0n) is 6.30. The lowest BCUT2D eigenvalue weighted by Gasteiger charge is -1.92. The predicted molar refractivity (Wildman–Crippen MR) is 46.4 cm³/mol. The van der Waals surface area contributed by atoms with Crippen LogP contribution in [-0.2, 0) is 0 Å². The summed E-state index contributed by atoms with van der Waals surface area (Å²) in [4.78, 5) is 0. The summed E-state index contributed by atoms with van der Waals surface area (Å²) in [5, 5.41) is 0. The Morgan fingerprint density at radius 3 is 2.30 bits per heavy atom. The van der Waals surface area contributed by atoms with Gasteiger partial charge in [0.05, 0.1) is 0 Å². The molecule has 2 N–H and O–H groups in total. The third-order valence-electron chi connectivity index (χ3n) is 1.07. The Kier molecular flexibility index (Phi) is 4.05. The Bertz CT molecular complexity index is 185. The van der Waals surface area contributed by atoms with Crippen LogP contribution in [0.1, 0.15) is 6.92 Å². The molecule has 0 bridgehead atoms. The molecule has 0 aromatic carbocycles. The molecule has 0 aromatic rings. The summed E-state index contributed by atoms with van der Waals surface area (Å²) >= 11 is 0. The number of hydrogen-bond acceptors (Lipinski definition) is 1. The van der Waals surface area contributed by atoms with Gasteiger partial charge < -0.3 is 5.73 Å². The van der Waals surface area contributed by atoms with Gasteiger partial charge in [-0.1, -0.05) is 30.9 Å². The van der Waals surface area contributed by atoms with Crippen molar-refractivity contribution >= 4 is 0 Å². The van der Waals surface area contributed by atoms with E-state index in [9.17, 15) is 0 Å². The van der Waals surface area contributed by atoms with E-state index in [4.69, 9.17) is 5.73 Å². The smallest absolute Gasteiger partial charge is 0.00624 e. The average molecular weight is 135 g/mol. The highest BCUT2D eigenvalue weighted by Gasteiger charge is 1.83. The molecule has 0 heterocycles. The van der Waals surface area contributed by atoms with Gasteiger partial charge in [0, 0.05) is 0 Å². The van der Waals surface area contributed by atoms with E-state index in [1.165, 1.54) is 6.20 Å². The first-order chi connectivity index (χ1) is 4.68. The van der Waals surface area contributed by atoms with E-state index in [1.807, 2.05) is 19.1 Å². The van der Waals surface area contributed by atoms with Crippen molar-refractivity contribution < 1.29 is 0 Å². The summed E-state index contributed by atoms with van der Waals surface area (Å²) in [5.74, 6) is 0. The maximum absolute atomic E-state index is 5.11.